The van der Waals surface area contributed by atoms with Crippen LogP contribution >= 0.6 is 11.3 Å². The predicted octanol–water partition coefficient (Wildman–Crippen LogP) is 3.18. The van der Waals surface area contributed by atoms with E-state index >= 15 is 0 Å². The summed E-state index contributed by atoms with van der Waals surface area (Å²) < 4.78 is 0. The van der Waals surface area contributed by atoms with E-state index in [4.69, 9.17) is 11.5 Å². The van der Waals surface area contributed by atoms with Gasteiger partial charge in [-0.2, -0.15) is 0 Å². The number of nitrogens with two attached hydrogens (primary N) is 2. The number of carbonyl (C=O) groups excluding carboxylic acids is 2. The zero-order valence-electron chi connectivity index (χ0n) is 13.7. The molecule has 0 spiro atoms. The highest BCUT2D eigenvalue weighted by molar-refractivity contribution is 7.21. The Balaban J connectivity index is 1.95. The Kier molecular flexibility index (Phi) is 4.67. The zero-order chi connectivity index (χ0) is 18.0. The van der Waals surface area contributed by atoms with Crippen molar-refractivity contribution in [1.82, 2.24) is 4.98 Å². The molecule has 3 rings (SSSR count). The summed E-state index contributed by atoms with van der Waals surface area (Å²) in [6.07, 6.45) is 1.87. The number of amides is 2. The molecule has 128 valence electrons. The van der Waals surface area contributed by atoms with Crippen molar-refractivity contribution >= 4 is 44.7 Å². The van der Waals surface area contributed by atoms with Crippen molar-refractivity contribution < 1.29 is 9.59 Å². The number of pyridine rings is 1. The van der Waals surface area contributed by atoms with Gasteiger partial charge in [0.1, 0.15) is 9.71 Å². The first kappa shape index (κ1) is 16.9. The summed E-state index contributed by atoms with van der Waals surface area (Å²) in [5, 5.41) is 3.47. The number of anilines is 2. The number of aryl methyl sites for hydroxylation is 1. The number of primary amides is 1. The van der Waals surface area contributed by atoms with Gasteiger partial charge in [0, 0.05) is 11.1 Å². The van der Waals surface area contributed by atoms with Crippen LogP contribution in [0.1, 0.15) is 39.1 Å². The molecule has 0 radical (unpaired) electrons. The van der Waals surface area contributed by atoms with E-state index in [1.165, 1.54) is 11.3 Å². The second kappa shape index (κ2) is 6.90. The normalized spacial score (nSPS) is 10.8. The number of thiophene rings is 1. The number of fused-ring (bicyclic) bond motifs is 1. The fourth-order valence-corrected chi connectivity index (χ4v) is 3.59. The van der Waals surface area contributed by atoms with Crippen LogP contribution in [0, 0.1) is 0 Å². The van der Waals surface area contributed by atoms with Gasteiger partial charge in [-0.05, 0) is 30.7 Å². The average molecular weight is 354 g/mol. The fraction of sp³-hybridized carbons (Fsp3) is 0.167. The lowest BCUT2D eigenvalue weighted by Crippen LogP contribution is -2.18. The van der Waals surface area contributed by atoms with E-state index in [2.05, 4.69) is 17.2 Å². The number of nitrogens with zero attached hydrogens (tertiary/aromatic N) is 1. The molecule has 3 aromatic rings. The Hall–Kier alpha value is -2.93. The maximum absolute atomic E-state index is 12.6. The van der Waals surface area contributed by atoms with Crippen LogP contribution in [0.5, 0.6) is 0 Å². The van der Waals surface area contributed by atoms with E-state index in [-0.39, 0.29) is 11.5 Å². The van der Waals surface area contributed by atoms with Crippen molar-refractivity contribution in [2.75, 3.05) is 11.1 Å². The monoisotopic (exact) mass is 354 g/mol. The van der Waals surface area contributed by atoms with Gasteiger partial charge in [-0.15, -0.1) is 11.3 Å². The van der Waals surface area contributed by atoms with E-state index in [1.54, 1.807) is 24.3 Å². The zero-order valence-corrected chi connectivity index (χ0v) is 14.5. The van der Waals surface area contributed by atoms with E-state index in [9.17, 15) is 9.59 Å². The Morgan fingerprint density at radius 1 is 1.20 bits per heavy atom. The van der Waals surface area contributed by atoms with E-state index in [0.717, 1.165) is 28.8 Å². The fourth-order valence-electron chi connectivity index (χ4n) is 2.59. The summed E-state index contributed by atoms with van der Waals surface area (Å²) in [5.74, 6) is -0.989. The number of nitrogen functional groups attached to an aromatic ring is 1. The largest absolute Gasteiger partial charge is 0.397 e. The van der Waals surface area contributed by atoms with Crippen LogP contribution in [-0.4, -0.2) is 16.8 Å². The minimum atomic E-state index is -0.605. The number of carbonyl (C=O) groups is 2. The smallest absolute Gasteiger partial charge is 0.267 e. The molecule has 1 aromatic carbocycles. The highest BCUT2D eigenvalue weighted by atomic mass is 32.1. The number of benzene rings is 1. The van der Waals surface area contributed by atoms with Gasteiger partial charge in [0.25, 0.3) is 11.8 Å². The molecule has 6 nitrogen and oxygen atoms in total. The van der Waals surface area contributed by atoms with Gasteiger partial charge in [-0.25, -0.2) is 4.98 Å². The molecule has 0 aliphatic carbocycles. The molecule has 0 aliphatic rings. The summed E-state index contributed by atoms with van der Waals surface area (Å²) in [6.45, 7) is 2.09. The standard InChI is InChI=1S/C18H18N4O2S/c1-2-5-10-8-9-12-14(19)15(25-18(12)21-10)17(24)22-13-7-4-3-6-11(13)16(20)23/h3-4,6-9H,2,5,19H2,1H3,(H2,20,23)(H,22,24). The molecule has 2 amide bonds. The van der Waals surface area contributed by atoms with Crippen molar-refractivity contribution in [3.63, 3.8) is 0 Å². The molecule has 0 saturated heterocycles. The van der Waals surface area contributed by atoms with Crippen LogP contribution in [0.15, 0.2) is 36.4 Å². The summed E-state index contributed by atoms with van der Waals surface area (Å²) in [7, 11) is 0. The highest BCUT2D eigenvalue weighted by Gasteiger charge is 2.19. The maximum Gasteiger partial charge on any atom is 0.267 e. The van der Waals surface area contributed by atoms with Gasteiger partial charge in [0.2, 0.25) is 0 Å². The van der Waals surface area contributed by atoms with Gasteiger partial charge in [-0.3, -0.25) is 9.59 Å². The van der Waals surface area contributed by atoms with Gasteiger partial charge in [0.15, 0.2) is 0 Å². The van der Waals surface area contributed by atoms with Crippen molar-refractivity contribution in [2.45, 2.75) is 19.8 Å². The minimum absolute atomic E-state index is 0.249. The molecule has 0 saturated carbocycles. The molecule has 2 aromatic heterocycles. The number of hydrogen-bond acceptors (Lipinski definition) is 5. The topological polar surface area (TPSA) is 111 Å². The molecule has 25 heavy (non-hydrogen) atoms. The van der Waals surface area contributed by atoms with Gasteiger partial charge in [0.05, 0.1) is 16.9 Å². The van der Waals surface area contributed by atoms with Crippen LogP contribution in [0.25, 0.3) is 10.2 Å². The predicted molar refractivity (Wildman–Crippen MR) is 101 cm³/mol. The van der Waals surface area contributed by atoms with Gasteiger partial charge < -0.3 is 16.8 Å². The molecule has 0 aliphatic heterocycles. The molecule has 0 unspecified atom stereocenters. The van der Waals surface area contributed by atoms with Crippen molar-refractivity contribution in [3.05, 3.63) is 52.5 Å². The first-order valence-corrected chi connectivity index (χ1v) is 8.71. The quantitative estimate of drug-likeness (QED) is 0.653. The number of rotatable bonds is 5. The SMILES string of the molecule is CCCc1ccc2c(N)c(C(=O)Nc3ccccc3C(N)=O)sc2n1. The van der Waals surface area contributed by atoms with E-state index in [1.807, 2.05) is 12.1 Å². The second-order valence-electron chi connectivity index (χ2n) is 5.61. The Morgan fingerprint density at radius 3 is 2.68 bits per heavy atom. The van der Waals surface area contributed by atoms with Gasteiger partial charge >= 0.3 is 0 Å². The lowest BCUT2D eigenvalue weighted by molar-refractivity contribution is 0.100. The summed E-state index contributed by atoms with van der Waals surface area (Å²) in [4.78, 5) is 29.8. The molecule has 5 N–H and O–H groups in total. The lowest BCUT2D eigenvalue weighted by atomic mass is 10.1. The minimum Gasteiger partial charge on any atom is -0.397 e. The molecule has 0 fully saturated rings. The van der Waals surface area contributed by atoms with Crippen LogP contribution in [-0.2, 0) is 6.42 Å². The highest BCUT2D eigenvalue weighted by Crippen LogP contribution is 2.33. The Labute approximate surface area is 148 Å². The molecular formula is C18H18N4O2S. The van der Waals surface area contributed by atoms with E-state index < -0.39 is 5.91 Å². The molecule has 7 heteroatoms. The van der Waals surface area contributed by atoms with Crippen molar-refractivity contribution in [1.29, 1.82) is 0 Å². The summed E-state index contributed by atoms with van der Waals surface area (Å²) >= 11 is 1.24. The van der Waals surface area contributed by atoms with Crippen molar-refractivity contribution in [2.24, 2.45) is 5.73 Å². The first-order valence-electron chi connectivity index (χ1n) is 7.89. The number of para-hydroxylation sites is 1. The number of nitrogens with one attached hydrogen (secondary N) is 1. The first-order chi connectivity index (χ1) is 12.0. The maximum atomic E-state index is 12.6. The average Bonchev–Trinajstić information content (AvgIpc) is 2.92. The van der Waals surface area contributed by atoms with Crippen molar-refractivity contribution in [3.8, 4) is 0 Å². The molecular weight excluding hydrogens is 336 g/mol. The Bertz CT molecular complexity index is 965. The third-order valence-electron chi connectivity index (χ3n) is 3.80. The summed E-state index contributed by atoms with van der Waals surface area (Å²) in [6, 6.07) is 10.4. The molecule has 2 heterocycles. The van der Waals surface area contributed by atoms with Crippen LogP contribution in [0.3, 0.4) is 0 Å². The third-order valence-corrected chi connectivity index (χ3v) is 4.92. The van der Waals surface area contributed by atoms with E-state index in [0.29, 0.717) is 16.3 Å². The number of aromatic nitrogens is 1. The summed E-state index contributed by atoms with van der Waals surface area (Å²) in [5.41, 5.74) is 13.5. The molecule has 0 atom stereocenters. The third kappa shape index (κ3) is 3.32. The molecule has 0 bridgehead atoms. The lowest BCUT2D eigenvalue weighted by Gasteiger charge is -2.08. The number of hydrogen-bond donors (Lipinski definition) is 3. The van der Waals surface area contributed by atoms with Crippen LogP contribution in [0.4, 0.5) is 11.4 Å². The van der Waals surface area contributed by atoms with Crippen LogP contribution in [0.2, 0.25) is 0 Å². The Morgan fingerprint density at radius 2 is 1.96 bits per heavy atom. The van der Waals surface area contributed by atoms with Crippen LogP contribution < -0.4 is 16.8 Å². The second-order valence-corrected chi connectivity index (χ2v) is 6.61. The van der Waals surface area contributed by atoms with Gasteiger partial charge in [-0.1, -0.05) is 25.5 Å².